The number of rotatable bonds is 6. The molecule has 5 heteroatoms. The molecule has 2 aromatic heterocycles. The number of ether oxygens (including phenoxy) is 1. The standard InChI is InChI=1S/C51H34N4O/c1-4-15-33(16-5-1)36-21-12-22-38(31-36)50-52-49(35-19-8-3-9-20-35)53-51(54-50)42-25-14-28-46-47(42)41-24-13-27-44(48(41)56-46)55-43-26-11-10-23-39(43)40-30-29-37(32-45(40)55)34-17-6-2-7-18-34/h1-32,46-47H. The normalized spacial score (nSPS) is 15.7. The maximum Gasteiger partial charge on any atom is 0.164 e. The fourth-order valence-corrected chi connectivity index (χ4v) is 8.41. The zero-order valence-corrected chi connectivity index (χ0v) is 30.3. The third-order valence-electron chi connectivity index (χ3n) is 11.0. The number of hydrogen-bond donors (Lipinski definition) is 0. The van der Waals surface area contributed by atoms with E-state index in [2.05, 4.69) is 174 Å². The summed E-state index contributed by atoms with van der Waals surface area (Å²) in [5.74, 6) is 2.67. The lowest BCUT2D eigenvalue weighted by Gasteiger charge is -2.22. The number of aromatic nitrogens is 4. The van der Waals surface area contributed by atoms with Crippen LogP contribution >= 0.6 is 0 Å². The highest BCUT2D eigenvalue weighted by Gasteiger charge is 2.40. The predicted octanol–water partition coefficient (Wildman–Crippen LogP) is 12.1. The van der Waals surface area contributed by atoms with Crippen LogP contribution < -0.4 is 4.74 Å². The Morgan fingerprint density at radius 2 is 1.04 bits per heavy atom. The number of nitrogens with zero attached hydrogens (tertiary/aromatic N) is 4. The zero-order valence-electron chi connectivity index (χ0n) is 30.3. The third kappa shape index (κ3) is 5.36. The second-order valence-electron chi connectivity index (χ2n) is 14.3. The van der Waals surface area contributed by atoms with Crippen LogP contribution in [0.3, 0.4) is 0 Å². The molecule has 0 N–H and O–H groups in total. The van der Waals surface area contributed by atoms with Gasteiger partial charge in [-0.15, -0.1) is 0 Å². The molecule has 1 aliphatic carbocycles. The second-order valence-corrected chi connectivity index (χ2v) is 14.3. The molecule has 7 aromatic carbocycles. The maximum absolute atomic E-state index is 7.01. The van der Waals surface area contributed by atoms with Crippen molar-refractivity contribution in [1.82, 2.24) is 19.5 Å². The number of hydrogen-bond acceptors (Lipinski definition) is 4. The van der Waals surface area contributed by atoms with Gasteiger partial charge in [-0.05, 0) is 52.6 Å². The summed E-state index contributed by atoms with van der Waals surface area (Å²) in [4.78, 5) is 15.5. The van der Waals surface area contributed by atoms with Crippen molar-refractivity contribution in [3.05, 3.63) is 206 Å². The van der Waals surface area contributed by atoms with Crippen LogP contribution in [0.5, 0.6) is 5.75 Å². The van der Waals surface area contributed by atoms with Crippen LogP contribution in [0.4, 0.5) is 0 Å². The highest BCUT2D eigenvalue weighted by molar-refractivity contribution is 6.10. The average Bonchev–Trinajstić information content (AvgIpc) is 3.83. The Morgan fingerprint density at radius 3 is 1.80 bits per heavy atom. The minimum Gasteiger partial charge on any atom is -0.483 e. The maximum atomic E-state index is 7.01. The SMILES string of the molecule is C1=CC2Oc3c(cccc3-n3c4ccccc4c4ccc(-c5ccccc5)cc43)C2C(c2nc(-c3ccccc3)nc(-c3cccc(-c4ccccc4)c3)n2)=C1. The fourth-order valence-electron chi connectivity index (χ4n) is 8.41. The summed E-state index contributed by atoms with van der Waals surface area (Å²) < 4.78 is 9.37. The van der Waals surface area contributed by atoms with Gasteiger partial charge in [-0.3, -0.25) is 0 Å². The van der Waals surface area contributed by atoms with Crippen LogP contribution in [0, 0.1) is 0 Å². The Labute approximate surface area is 324 Å². The first kappa shape index (κ1) is 32.1. The first-order chi connectivity index (χ1) is 27.8. The van der Waals surface area contributed by atoms with E-state index in [1.165, 1.54) is 21.9 Å². The highest BCUT2D eigenvalue weighted by Crippen LogP contribution is 2.51. The smallest absolute Gasteiger partial charge is 0.164 e. The quantitative estimate of drug-likeness (QED) is 0.172. The van der Waals surface area contributed by atoms with E-state index in [4.69, 9.17) is 19.7 Å². The monoisotopic (exact) mass is 718 g/mol. The van der Waals surface area contributed by atoms with E-state index in [1.807, 2.05) is 24.3 Å². The summed E-state index contributed by atoms with van der Waals surface area (Å²) in [6.45, 7) is 0. The largest absolute Gasteiger partial charge is 0.483 e. The van der Waals surface area contributed by atoms with Crippen molar-refractivity contribution in [3.63, 3.8) is 0 Å². The van der Waals surface area contributed by atoms with Gasteiger partial charge in [0.05, 0.1) is 22.6 Å². The lowest BCUT2D eigenvalue weighted by atomic mass is 9.84. The molecule has 0 fully saturated rings. The van der Waals surface area contributed by atoms with Crippen LogP contribution in [0.1, 0.15) is 17.3 Å². The van der Waals surface area contributed by atoms with Gasteiger partial charge in [-0.2, -0.15) is 0 Å². The van der Waals surface area contributed by atoms with Gasteiger partial charge in [-0.1, -0.05) is 164 Å². The van der Waals surface area contributed by atoms with Gasteiger partial charge in [0.1, 0.15) is 11.9 Å². The Morgan fingerprint density at radius 1 is 0.446 bits per heavy atom. The van der Waals surface area contributed by atoms with E-state index in [0.717, 1.165) is 55.9 Å². The third-order valence-corrected chi connectivity index (χ3v) is 11.0. The Bertz CT molecular complexity index is 3000. The van der Waals surface area contributed by atoms with Crippen LogP contribution in [0.15, 0.2) is 194 Å². The van der Waals surface area contributed by atoms with E-state index in [0.29, 0.717) is 17.5 Å². The van der Waals surface area contributed by atoms with Crippen LogP contribution in [0.25, 0.3) is 78.1 Å². The van der Waals surface area contributed by atoms with Crippen LogP contribution in [0.2, 0.25) is 0 Å². The van der Waals surface area contributed by atoms with Gasteiger partial charge < -0.3 is 9.30 Å². The van der Waals surface area contributed by atoms with Gasteiger partial charge in [0.15, 0.2) is 17.5 Å². The van der Waals surface area contributed by atoms with Crippen molar-refractivity contribution in [2.24, 2.45) is 0 Å². The van der Waals surface area contributed by atoms with Gasteiger partial charge >= 0.3 is 0 Å². The molecule has 0 amide bonds. The van der Waals surface area contributed by atoms with Gasteiger partial charge in [0, 0.05) is 33.0 Å². The molecule has 0 spiro atoms. The average molecular weight is 719 g/mol. The number of fused-ring (bicyclic) bond motifs is 6. The molecular weight excluding hydrogens is 685 g/mol. The van der Waals surface area contributed by atoms with E-state index in [1.54, 1.807) is 0 Å². The molecule has 0 radical (unpaired) electrons. The summed E-state index contributed by atoms with van der Waals surface area (Å²) in [6.07, 6.45) is 6.16. The topological polar surface area (TPSA) is 52.8 Å². The first-order valence-electron chi connectivity index (χ1n) is 19.0. The highest BCUT2D eigenvalue weighted by atomic mass is 16.5. The summed E-state index contributed by atoms with van der Waals surface area (Å²) in [5, 5.41) is 2.41. The molecule has 264 valence electrons. The molecule has 0 bridgehead atoms. The van der Waals surface area contributed by atoms with Crippen molar-refractivity contribution in [3.8, 4) is 56.5 Å². The number of allylic oxidation sites excluding steroid dienone is 2. The van der Waals surface area contributed by atoms with E-state index in [9.17, 15) is 0 Å². The molecule has 2 atom stereocenters. The van der Waals surface area contributed by atoms with Crippen molar-refractivity contribution < 1.29 is 4.74 Å². The van der Waals surface area contributed by atoms with Gasteiger partial charge in [0.25, 0.3) is 0 Å². The van der Waals surface area contributed by atoms with Crippen molar-refractivity contribution in [2.75, 3.05) is 0 Å². The van der Waals surface area contributed by atoms with Crippen molar-refractivity contribution in [1.29, 1.82) is 0 Å². The van der Waals surface area contributed by atoms with Crippen LogP contribution in [-0.2, 0) is 0 Å². The minimum atomic E-state index is -0.221. The lowest BCUT2D eigenvalue weighted by molar-refractivity contribution is 0.271. The van der Waals surface area contributed by atoms with Gasteiger partial charge in [-0.25, -0.2) is 15.0 Å². The predicted molar refractivity (Wildman–Crippen MR) is 227 cm³/mol. The summed E-state index contributed by atoms with van der Waals surface area (Å²) in [7, 11) is 0. The molecule has 56 heavy (non-hydrogen) atoms. The van der Waals surface area contributed by atoms with Crippen molar-refractivity contribution >= 4 is 27.4 Å². The Kier molecular flexibility index (Phi) is 7.56. The van der Waals surface area contributed by atoms with Gasteiger partial charge in [0.2, 0.25) is 0 Å². The lowest BCUT2D eigenvalue weighted by Crippen LogP contribution is -2.21. The molecule has 0 saturated heterocycles. The number of para-hydroxylation sites is 2. The minimum absolute atomic E-state index is 0.113. The van der Waals surface area contributed by atoms with E-state index in [-0.39, 0.29) is 12.0 Å². The molecule has 9 aromatic rings. The summed E-state index contributed by atoms with van der Waals surface area (Å²) in [5.41, 5.74) is 11.9. The zero-order chi connectivity index (χ0) is 37.0. The van der Waals surface area contributed by atoms with E-state index < -0.39 is 0 Å². The first-order valence-corrected chi connectivity index (χ1v) is 19.0. The summed E-state index contributed by atoms with van der Waals surface area (Å²) in [6, 6.07) is 61.5. The van der Waals surface area contributed by atoms with Crippen molar-refractivity contribution in [2.45, 2.75) is 12.0 Å². The number of benzene rings is 7. The van der Waals surface area contributed by atoms with Crippen LogP contribution in [-0.4, -0.2) is 25.6 Å². The summed E-state index contributed by atoms with van der Waals surface area (Å²) >= 11 is 0. The molecule has 2 aliphatic rings. The molecule has 5 nitrogen and oxygen atoms in total. The molecule has 11 rings (SSSR count). The molecule has 1 aliphatic heterocycles. The molecule has 0 saturated carbocycles. The molecule has 2 unspecified atom stereocenters. The molecule has 3 heterocycles. The Balaban J connectivity index is 1.06. The Hall–Kier alpha value is -7.37. The second kappa shape index (κ2) is 13.2. The van der Waals surface area contributed by atoms with E-state index >= 15 is 0 Å². The molecular formula is C51H34N4O. The fraction of sp³-hybridized carbons (Fsp3) is 0.0392.